The highest BCUT2D eigenvalue weighted by Gasteiger charge is 2.19. The number of hydrogen-bond acceptors (Lipinski definition) is 8. The lowest BCUT2D eigenvalue weighted by Gasteiger charge is -2.14. The van der Waals surface area contributed by atoms with Gasteiger partial charge in [-0.05, 0) is 34.7 Å². The maximum Gasteiger partial charge on any atom is 0.431 e. The van der Waals surface area contributed by atoms with E-state index in [1.165, 1.54) is 18.3 Å². The molecule has 0 saturated carbocycles. The van der Waals surface area contributed by atoms with Crippen molar-refractivity contribution in [1.29, 1.82) is 0 Å². The highest BCUT2D eigenvalue weighted by atomic mass is 32.1. The number of para-hydroxylation sites is 1. The van der Waals surface area contributed by atoms with Crippen LogP contribution in [0.2, 0.25) is 0 Å². The van der Waals surface area contributed by atoms with Gasteiger partial charge in [0.25, 0.3) is 0 Å². The summed E-state index contributed by atoms with van der Waals surface area (Å²) in [5.41, 5.74) is 2.59. The summed E-state index contributed by atoms with van der Waals surface area (Å²) < 4.78 is 7.19. The Morgan fingerprint density at radius 2 is 1.90 bits per heavy atom. The molecule has 0 aliphatic carbocycles. The summed E-state index contributed by atoms with van der Waals surface area (Å²) in [6, 6.07) is 13.2. The van der Waals surface area contributed by atoms with E-state index >= 15 is 0 Å². The quantitative estimate of drug-likeness (QED) is 0.437. The van der Waals surface area contributed by atoms with E-state index in [9.17, 15) is 4.79 Å². The first-order valence-corrected chi connectivity index (χ1v) is 9.97. The molecule has 2 aromatic carbocycles. The van der Waals surface area contributed by atoms with Crippen LogP contribution in [0.3, 0.4) is 0 Å². The van der Waals surface area contributed by atoms with E-state index in [-0.39, 0.29) is 5.91 Å². The normalized spacial score (nSPS) is 10.8. The van der Waals surface area contributed by atoms with Crippen LogP contribution in [0.15, 0.2) is 52.7 Å². The topological polar surface area (TPSA) is 95.1 Å². The highest BCUT2D eigenvalue weighted by Crippen LogP contribution is 2.39. The summed E-state index contributed by atoms with van der Waals surface area (Å²) in [6.45, 7) is 1.45. The van der Waals surface area contributed by atoms with Crippen molar-refractivity contribution in [2.75, 3.05) is 36.7 Å². The number of nitrogens with one attached hydrogen (secondary N) is 2. The minimum atomic E-state index is -0.208. The van der Waals surface area contributed by atoms with Gasteiger partial charge in [0.1, 0.15) is 18.5 Å². The van der Waals surface area contributed by atoms with Gasteiger partial charge in [0, 0.05) is 32.8 Å². The lowest BCUT2D eigenvalue weighted by molar-refractivity contribution is -0.712. The maximum atomic E-state index is 11.7. The van der Waals surface area contributed by atoms with E-state index in [0.29, 0.717) is 27.9 Å². The van der Waals surface area contributed by atoms with Crippen molar-refractivity contribution in [3.05, 3.63) is 42.5 Å². The molecule has 156 valence electrons. The van der Waals surface area contributed by atoms with Crippen molar-refractivity contribution in [2.24, 2.45) is 17.3 Å². The Kier molecular flexibility index (Phi) is 6.58. The number of rotatable bonds is 7. The number of carbonyl (C=O) groups is 1. The van der Waals surface area contributed by atoms with Crippen molar-refractivity contribution in [1.82, 2.24) is 5.10 Å². The Labute approximate surface area is 179 Å². The molecule has 10 heteroatoms. The Morgan fingerprint density at radius 1 is 1.17 bits per heavy atom. The fraction of sp³-hybridized carbons (Fsp3) is 0.250. The van der Waals surface area contributed by atoms with Crippen LogP contribution in [-0.4, -0.2) is 32.2 Å². The fourth-order valence-electron chi connectivity index (χ4n) is 2.59. The average molecular weight is 427 g/mol. The molecular weight excluding hydrogens is 402 g/mol. The minimum absolute atomic E-state index is 0.208. The molecule has 0 aliphatic heterocycles. The number of amides is 1. The first kappa shape index (κ1) is 21.2. The molecule has 0 bridgehead atoms. The molecule has 1 aromatic heterocycles. The summed E-state index contributed by atoms with van der Waals surface area (Å²) in [7, 11) is 7.22. The monoisotopic (exact) mass is 426 g/mol. The summed E-state index contributed by atoms with van der Waals surface area (Å²) >= 11 is 1.41. The average Bonchev–Trinajstić information content (AvgIpc) is 3.09. The van der Waals surface area contributed by atoms with Gasteiger partial charge in [-0.15, -0.1) is 4.68 Å². The number of aryl methyl sites for hydroxylation is 1. The molecule has 0 aliphatic rings. The number of carbonyl (C=O) groups excluding carboxylic acids is 1. The fourth-order valence-corrected chi connectivity index (χ4v) is 3.35. The number of nitrogens with zero attached hydrogens (tertiary/aromatic N) is 5. The van der Waals surface area contributed by atoms with Gasteiger partial charge in [0.15, 0.2) is 0 Å². The van der Waals surface area contributed by atoms with Gasteiger partial charge >= 0.3 is 5.13 Å². The number of benzene rings is 2. The van der Waals surface area contributed by atoms with Crippen LogP contribution >= 0.6 is 11.3 Å². The van der Waals surface area contributed by atoms with Gasteiger partial charge in [-0.3, -0.25) is 4.79 Å². The van der Waals surface area contributed by atoms with Gasteiger partial charge < -0.3 is 20.3 Å². The molecule has 0 fully saturated rings. The second kappa shape index (κ2) is 9.31. The Bertz CT molecular complexity index is 1060. The number of azo groups is 1. The summed E-state index contributed by atoms with van der Waals surface area (Å²) in [5, 5.41) is 20.6. The van der Waals surface area contributed by atoms with Crippen LogP contribution in [0.1, 0.15) is 6.92 Å². The number of methoxy groups -OCH3 is 1. The first-order chi connectivity index (χ1) is 14.4. The third kappa shape index (κ3) is 5.09. The highest BCUT2D eigenvalue weighted by molar-refractivity contribution is 7.18. The number of aromatic nitrogens is 2. The van der Waals surface area contributed by atoms with Crippen LogP contribution in [0.25, 0.3) is 0 Å². The molecule has 1 amide bonds. The molecule has 0 radical (unpaired) electrons. The van der Waals surface area contributed by atoms with Crippen LogP contribution in [0.4, 0.5) is 33.0 Å². The second-order valence-corrected chi connectivity index (χ2v) is 7.56. The predicted molar refractivity (Wildman–Crippen MR) is 119 cm³/mol. The molecule has 0 unspecified atom stereocenters. The second-order valence-electron chi connectivity index (χ2n) is 6.63. The van der Waals surface area contributed by atoms with Crippen LogP contribution in [0, 0.1) is 0 Å². The van der Waals surface area contributed by atoms with Gasteiger partial charge in [-0.1, -0.05) is 23.3 Å². The van der Waals surface area contributed by atoms with E-state index in [4.69, 9.17) is 4.74 Å². The van der Waals surface area contributed by atoms with E-state index in [2.05, 4.69) is 26.0 Å². The minimum Gasteiger partial charge on any atom is -0.494 e. The third-order valence-electron chi connectivity index (χ3n) is 4.00. The smallest absolute Gasteiger partial charge is 0.431 e. The summed E-state index contributed by atoms with van der Waals surface area (Å²) in [6.07, 6.45) is 0. The molecule has 2 N–H and O–H groups in total. The van der Waals surface area contributed by atoms with Crippen molar-refractivity contribution >= 4 is 50.3 Å². The van der Waals surface area contributed by atoms with E-state index in [0.717, 1.165) is 10.8 Å². The SMILES string of the molecule is COc1cc(N=Nc2sc(N(C)C)n[n+]2C)c(NC(C)=O)cc1Nc1ccccc1. The van der Waals surface area contributed by atoms with Crippen molar-refractivity contribution in [3.8, 4) is 5.75 Å². The molecule has 0 spiro atoms. The molecule has 3 rings (SSSR count). The molecule has 1 heterocycles. The largest absolute Gasteiger partial charge is 0.494 e. The van der Waals surface area contributed by atoms with Gasteiger partial charge in [-0.25, -0.2) is 0 Å². The van der Waals surface area contributed by atoms with Gasteiger partial charge in [0.2, 0.25) is 11.0 Å². The molecule has 0 atom stereocenters. The summed E-state index contributed by atoms with van der Waals surface area (Å²) in [5.74, 6) is 0.366. The standard InChI is InChI=1S/C20H23N7O2S/c1-13(28)21-15-11-17(22-14-9-7-6-8-10-14)18(29-5)12-16(15)23-24-19-27(4)25-20(30-19)26(2)3/h6-12H,1-5H3,(H,21,22,28)/p+1. The Hall–Kier alpha value is -3.53. The Balaban J connectivity index is 1.99. The lowest BCUT2D eigenvalue weighted by atomic mass is 10.2. The molecule has 30 heavy (non-hydrogen) atoms. The predicted octanol–water partition coefficient (Wildman–Crippen LogP) is 4.16. The lowest BCUT2D eigenvalue weighted by Crippen LogP contribution is -2.30. The van der Waals surface area contributed by atoms with E-state index < -0.39 is 0 Å². The van der Waals surface area contributed by atoms with Crippen molar-refractivity contribution < 1.29 is 14.2 Å². The number of hydrogen-bond donors (Lipinski definition) is 2. The number of anilines is 4. The zero-order valence-corrected chi connectivity index (χ0v) is 18.3. The van der Waals surface area contributed by atoms with Crippen LogP contribution in [-0.2, 0) is 11.8 Å². The molecule has 0 saturated heterocycles. The van der Waals surface area contributed by atoms with Crippen LogP contribution in [0.5, 0.6) is 5.75 Å². The van der Waals surface area contributed by atoms with Gasteiger partial charge in [0.05, 0.1) is 23.6 Å². The van der Waals surface area contributed by atoms with Crippen molar-refractivity contribution in [3.63, 3.8) is 0 Å². The molecular formula is C20H24N7O2S+. The van der Waals surface area contributed by atoms with E-state index in [1.54, 1.807) is 31.0 Å². The third-order valence-corrected chi connectivity index (χ3v) is 5.16. The van der Waals surface area contributed by atoms with E-state index in [1.807, 2.05) is 49.3 Å². The first-order valence-electron chi connectivity index (χ1n) is 9.15. The van der Waals surface area contributed by atoms with Crippen molar-refractivity contribution in [2.45, 2.75) is 6.92 Å². The molecule has 3 aromatic rings. The zero-order valence-electron chi connectivity index (χ0n) is 17.5. The Morgan fingerprint density at radius 3 is 2.50 bits per heavy atom. The maximum absolute atomic E-state index is 11.7. The molecule has 9 nitrogen and oxygen atoms in total. The van der Waals surface area contributed by atoms with Gasteiger partial charge in [-0.2, -0.15) is 0 Å². The summed E-state index contributed by atoms with van der Waals surface area (Å²) in [4.78, 5) is 13.6. The zero-order chi connectivity index (χ0) is 21.7. The van der Waals surface area contributed by atoms with Crippen LogP contribution < -0.4 is 25.0 Å². The number of ether oxygens (including phenoxy) is 1.